The Hall–Kier alpha value is -2.16. The number of likely N-dealkylation sites (tertiary alicyclic amines) is 1. The van der Waals surface area contributed by atoms with Crippen molar-refractivity contribution in [2.75, 3.05) is 13.1 Å². The zero-order chi connectivity index (χ0) is 13.8. The van der Waals surface area contributed by atoms with E-state index in [9.17, 15) is 4.79 Å². The summed E-state index contributed by atoms with van der Waals surface area (Å²) in [5.41, 5.74) is 2.64. The molecule has 0 unspecified atom stereocenters. The van der Waals surface area contributed by atoms with E-state index in [1.807, 2.05) is 47.4 Å². The highest BCUT2D eigenvalue weighted by molar-refractivity contribution is 5.94. The molecule has 2 heterocycles. The van der Waals surface area contributed by atoms with E-state index in [1.54, 1.807) is 6.20 Å². The van der Waals surface area contributed by atoms with E-state index in [2.05, 4.69) is 11.4 Å². The molecule has 3 rings (SSSR count). The molecule has 1 fully saturated rings. The molecule has 0 bridgehead atoms. The van der Waals surface area contributed by atoms with Crippen LogP contribution in [0.1, 0.15) is 23.2 Å². The summed E-state index contributed by atoms with van der Waals surface area (Å²) in [4.78, 5) is 18.6. The first-order chi connectivity index (χ1) is 9.84. The first-order valence-corrected chi connectivity index (χ1v) is 6.97. The van der Waals surface area contributed by atoms with Gasteiger partial charge in [-0.3, -0.25) is 9.78 Å². The van der Waals surface area contributed by atoms with Crippen molar-refractivity contribution in [1.29, 1.82) is 0 Å². The van der Waals surface area contributed by atoms with Crippen LogP contribution < -0.4 is 0 Å². The minimum atomic E-state index is 0.0882. The van der Waals surface area contributed by atoms with Crippen LogP contribution in [0.3, 0.4) is 0 Å². The summed E-state index contributed by atoms with van der Waals surface area (Å²) < 4.78 is 0. The largest absolute Gasteiger partial charge is 0.339 e. The molecule has 1 aliphatic heterocycles. The molecule has 2 aromatic rings. The molecule has 1 aromatic heterocycles. The molecule has 1 saturated heterocycles. The fourth-order valence-electron chi connectivity index (χ4n) is 2.44. The second-order valence-electron chi connectivity index (χ2n) is 4.96. The average molecular weight is 265 g/mol. The summed E-state index contributed by atoms with van der Waals surface area (Å²) in [6.07, 6.45) is 5.89. The third-order valence-corrected chi connectivity index (χ3v) is 3.57. The first kappa shape index (κ1) is 12.9. The van der Waals surface area contributed by atoms with Crippen LogP contribution >= 0.6 is 0 Å². The molecule has 0 aliphatic carbocycles. The standard InChI is InChI=1S/C17H17N2O/c20-17(19-11-5-2-6-12-19)15-9-10-16(18-13-15)14-7-3-1-4-8-14/h1-4,7-10,13H,5-6,11-12H2. The lowest BCUT2D eigenvalue weighted by Crippen LogP contribution is -2.35. The Bertz CT molecular complexity index is 572. The fourth-order valence-corrected chi connectivity index (χ4v) is 2.44. The van der Waals surface area contributed by atoms with Gasteiger partial charge in [0.2, 0.25) is 0 Å². The maximum Gasteiger partial charge on any atom is 0.255 e. The Balaban J connectivity index is 1.77. The molecule has 3 heteroatoms. The molecular formula is C17H17N2O. The second-order valence-corrected chi connectivity index (χ2v) is 4.96. The predicted molar refractivity (Wildman–Crippen MR) is 79.1 cm³/mol. The van der Waals surface area contributed by atoms with Gasteiger partial charge in [-0.15, -0.1) is 0 Å². The number of hydrogen-bond acceptors (Lipinski definition) is 2. The number of aromatic nitrogens is 1. The SMILES string of the molecule is O=C(c1ccc(-c2ccccc2)nc1)N1CC[CH]CC1. The molecule has 101 valence electrons. The zero-order valence-corrected chi connectivity index (χ0v) is 11.3. The molecule has 1 aliphatic rings. The van der Waals surface area contributed by atoms with Crippen LogP contribution in [0.4, 0.5) is 0 Å². The van der Waals surface area contributed by atoms with E-state index >= 15 is 0 Å². The molecule has 3 nitrogen and oxygen atoms in total. The lowest BCUT2D eigenvalue weighted by atomic mass is 10.1. The second kappa shape index (κ2) is 5.87. The Labute approximate surface area is 119 Å². The maximum absolute atomic E-state index is 12.3. The summed E-state index contributed by atoms with van der Waals surface area (Å²) in [5, 5.41) is 0. The van der Waals surface area contributed by atoms with Gasteiger partial charge in [0.15, 0.2) is 0 Å². The van der Waals surface area contributed by atoms with Crippen LogP contribution in [0, 0.1) is 6.42 Å². The lowest BCUT2D eigenvalue weighted by molar-refractivity contribution is 0.0741. The zero-order valence-electron chi connectivity index (χ0n) is 11.3. The highest BCUT2D eigenvalue weighted by Gasteiger charge is 2.18. The first-order valence-electron chi connectivity index (χ1n) is 6.97. The van der Waals surface area contributed by atoms with Gasteiger partial charge in [0.05, 0.1) is 11.3 Å². The van der Waals surface area contributed by atoms with E-state index < -0.39 is 0 Å². The molecule has 1 radical (unpaired) electrons. The molecule has 1 amide bonds. The van der Waals surface area contributed by atoms with Crippen LogP contribution in [0.2, 0.25) is 0 Å². The van der Waals surface area contributed by atoms with Crippen molar-refractivity contribution in [3.05, 3.63) is 60.6 Å². The van der Waals surface area contributed by atoms with Crippen molar-refractivity contribution in [3.8, 4) is 11.3 Å². The van der Waals surface area contributed by atoms with Gasteiger partial charge < -0.3 is 4.90 Å². The van der Waals surface area contributed by atoms with Gasteiger partial charge in [-0.25, -0.2) is 0 Å². The molecule has 1 aromatic carbocycles. The van der Waals surface area contributed by atoms with Crippen molar-refractivity contribution in [1.82, 2.24) is 9.88 Å². The summed E-state index contributed by atoms with van der Waals surface area (Å²) in [6.45, 7) is 1.64. The Kier molecular flexibility index (Phi) is 3.77. The van der Waals surface area contributed by atoms with Gasteiger partial charge in [-0.2, -0.15) is 0 Å². The Morgan fingerprint density at radius 3 is 2.40 bits per heavy atom. The number of benzene rings is 1. The van der Waals surface area contributed by atoms with Crippen molar-refractivity contribution in [2.24, 2.45) is 0 Å². The molecule has 0 N–H and O–H groups in total. The monoisotopic (exact) mass is 265 g/mol. The number of amides is 1. The predicted octanol–water partition coefficient (Wildman–Crippen LogP) is 3.19. The number of piperidine rings is 1. The highest BCUT2D eigenvalue weighted by Crippen LogP contribution is 2.18. The molecule has 0 spiro atoms. The normalized spacial score (nSPS) is 15.1. The highest BCUT2D eigenvalue weighted by atomic mass is 16.2. The Morgan fingerprint density at radius 1 is 1.00 bits per heavy atom. The van der Waals surface area contributed by atoms with Gasteiger partial charge in [-0.05, 0) is 31.4 Å². The van der Waals surface area contributed by atoms with Crippen LogP contribution in [0.5, 0.6) is 0 Å². The van der Waals surface area contributed by atoms with Crippen molar-refractivity contribution in [3.63, 3.8) is 0 Å². The minimum absolute atomic E-state index is 0.0882. The van der Waals surface area contributed by atoms with Crippen LogP contribution in [0.25, 0.3) is 11.3 Å². The molecule has 0 saturated carbocycles. The number of hydrogen-bond donors (Lipinski definition) is 0. The van der Waals surface area contributed by atoms with Crippen LogP contribution in [-0.2, 0) is 0 Å². The van der Waals surface area contributed by atoms with Gasteiger partial charge in [0.1, 0.15) is 0 Å². The van der Waals surface area contributed by atoms with E-state index in [4.69, 9.17) is 0 Å². The number of nitrogens with zero attached hydrogens (tertiary/aromatic N) is 2. The summed E-state index contributed by atoms with van der Waals surface area (Å²) in [6, 6.07) is 13.8. The third-order valence-electron chi connectivity index (χ3n) is 3.57. The van der Waals surface area contributed by atoms with Crippen LogP contribution in [0.15, 0.2) is 48.7 Å². The van der Waals surface area contributed by atoms with Gasteiger partial charge in [0, 0.05) is 24.8 Å². The smallest absolute Gasteiger partial charge is 0.255 e. The van der Waals surface area contributed by atoms with E-state index in [1.165, 1.54) is 0 Å². The minimum Gasteiger partial charge on any atom is -0.339 e. The Morgan fingerprint density at radius 2 is 1.75 bits per heavy atom. The van der Waals surface area contributed by atoms with E-state index in [0.29, 0.717) is 5.56 Å². The third kappa shape index (κ3) is 2.72. The number of carbonyl (C=O) groups excluding carboxylic acids is 1. The maximum atomic E-state index is 12.3. The van der Waals surface area contributed by atoms with Crippen molar-refractivity contribution < 1.29 is 4.79 Å². The molecular weight excluding hydrogens is 248 g/mol. The number of pyridine rings is 1. The average Bonchev–Trinajstić information content (AvgIpc) is 2.56. The lowest BCUT2D eigenvalue weighted by Gasteiger charge is -2.26. The van der Waals surface area contributed by atoms with Gasteiger partial charge in [0.25, 0.3) is 5.91 Å². The number of rotatable bonds is 2. The van der Waals surface area contributed by atoms with Crippen LogP contribution in [-0.4, -0.2) is 28.9 Å². The quantitative estimate of drug-likeness (QED) is 0.835. The van der Waals surface area contributed by atoms with E-state index in [0.717, 1.165) is 37.2 Å². The summed E-state index contributed by atoms with van der Waals surface area (Å²) >= 11 is 0. The topological polar surface area (TPSA) is 33.2 Å². The summed E-state index contributed by atoms with van der Waals surface area (Å²) in [7, 11) is 0. The van der Waals surface area contributed by atoms with Crippen molar-refractivity contribution >= 4 is 5.91 Å². The molecule has 0 atom stereocenters. The van der Waals surface area contributed by atoms with E-state index in [-0.39, 0.29) is 5.91 Å². The van der Waals surface area contributed by atoms with Crippen molar-refractivity contribution in [2.45, 2.75) is 12.8 Å². The summed E-state index contributed by atoms with van der Waals surface area (Å²) in [5.74, 6) is 0.0882. The fraction of sp³-hybridized carbons (Fsp3) is 0.235. The number of carbonyl (C=O) groups is 1. The molecule has 20 heavy (non-hydrogen) atoms. The van der Waals surface area contributed by atoms with Gasteiger partial charge in [-0.1, -0.05) is 30.3 Å². The van der Waals surface area contributed by atoms with Gasteiger partial charge >= 0.3 is 0 Å².